The molecular formula is C26H36N4O4. The highest BCUT2D eigenvalue weighted by molar-refractivity contribution is 5.78. The summed E-state index contributed by atoms with van der Waals surface area (Å²) < 4.78 is 17.6. The van der Waals surface area contributed by atoms with Crippen LogP contribution in [0.2, 0.25) is 0 Å². The number of ether oxygens (including phenoxy) is 2. The Hall–Kier alpha value is -2.97. The second-order valence-corrected chi connectivity index (χ2v) is 9.80. The molecule has 0 radical (unpaired) electrons. The van der Waals surface area contributed by atoms with Crippen LogP contribution in [0, 0.1) is 5.41 Å². The zero-order valence-corrected chi connectivity index (χ0v) is 20.3. The van der Waals surface area contributed by atoms with Crippen molar-refractivity contribution in [1.82, 2.24) is 9.88 Å². The first kappa shape index (κ1) is 24.2. The van der Waals surface area contributed by atoms with Crippen molar-refractivity contribution in [2.75, 3.05) is 44.0 Å². The highest BCUT2D eigenvalue weighted by atomic mass is 16.5. The third-order valence-corrected chi connectivity index (χ3v) is 6.04. The summed E-state index contributed by atoms with van der Waals surface area (Å²) in [5, 5.41) is 13.0. The predicted molar refractivity (Wildman–Crippen MR) is 134 cm³/mol. The second-order valence-electron chi connectivity index (χ2n) is 9.80. The van der Waals surface area contributed by atoms with Gasteiger partial charge in [0, 0.05) is 42.8 Å². The molecule has 1 fully saturated rings. The molecule has 8 heteroatoms. The van der Waals surface area contributed by atoms with Crippen molar-refractivity contribution in [3.8, 4) is 11.5 Å². The van der Waals surface area contributed by atoms with Crippen molar-refractivity contribution in [1.29, 1.82) is 0 Å². The third kappa shape index (κ3) is 6.33. The molecule has 1 aliphatic heterocycles. The van der Waals surface area contributed by atoms with Gasteiger partial charge in [-0.25, -0.2) is 0 Å². The summed E-state index contributed by atoms with van der Waals surface area (Å²) in [5.41, 5.74) is 8.90. The lowest BCUT2D eigenvalue weighted by Crippen LogP contribution is -2.38. The van der Waals surface area contributed by atoms with Crippen LogP contribution in [-0.2, 0) is 6.54 Å². The molecule has 0 saturated carbocycles. The van der Waals surface area contributed by atoms with Crippen LogP contribution >= 0.6 is 0 Å². The Morgan fingerprint density at radius 2 is 1.88 bits per heavy atom. The van der Waals surface area contributed by atoms with Gasteiger partial charge in [0.25, 0.3) is 6.01 Å². The van der Waals surface area contributed by atoms with E-state index in [0.717, 1.165) is 60.6 Å². The van der Waals surface area contributed by atoms with E-state index in [9.17, 15) is 5.11 Å². The number of hydrogen-bond acceptors (Lipinski definition) is 8. The number of aliphatic hydroxyl groups excluding tert-OH is 1. The van der Waals surface area contributed by atoms with Crippen molar-refractivity contribution in [2.24, 2.45) is 5.41 Å². The number of oxazole rings is 1. The number of nitrogens with two attached hydrogens (primary N) is 1. The topological polar surface area (TPSA) is 106 Å². The van der Waals surface area contributed by atoms with E-state index in [1.807, 2.05) is 45.0 Å². The van der Waals surface area contributed by atoms with Gasteiger partial charge in [0.05, 0.1) is 19.8 Å². The second kappa shape index (κ2) is 10.5. The molecule has 4 rings (SSSR count). The fourth-order valence-electron chi connectivity index (χ4n) is 4.05. The number of benzene rings is 2. The van der Waals surface area contributed by atoms with Crippen molar-refractivity contribution < 1.29 is 19.0 Å². The molecule has 2 heterocycles. The summed E-state index contributed by atoms with van der Waals surface area (Å²) in [5.74, 6) is 1.58. The van der Waals surface area contributed by atoms with Crippen molar-refractivity contribution in [3.63, 3.8) is 0 Å². The number of aromatic nitrogens is 1. The van der Waals surface area contributed by atoms with E-state index in [1.54, 1.807) is 0 Å². The van der Waals surface area contributed by atoms with Crippen LogP contribution in [0.15, 0.2) is 40.8 Å². The van der Waals surface area contributed by atoms with E-state index in [0.29, 0.717) is 31.0 Å². The van der Waals surface area contributed by atoms with Crippen LogP contribution in [0.5, 0.6) is 11.5 Å². The summed E-state index contributed by atoms with van der Waals surface area (Å²) in [4.78, 5) is 6.96. The van der Waals surface area contributed by atoms with Gasteiger partial charge < -0.3 is 30.0 Å². The van der Waals surface area contributed by atoms with E-state index in [1.165, 1.54) is 0 Å². The monoisotopic (exact) mass is 468 g/mol. The van der Waals surface area contributed by atoms with E-state index in [4.69, 9.17) is 19.6 Å². The fourth-order valence-corrected chi connectivity index (χ4v) is 4.05. The number of aliphatic hydroxyl groups is 1. The van der Waals surface area contributed by atoms with Crippen LogP contribution in [0.25, 0.3) is 11.1 Å². The molecule has 184 valence electrons. The lowest BCUT2D eigenvalue weighted by molar-refractivity contribution is 0.0973. The van der Waals surface area contributed by atoms with Crippen LogP contribution in [-0.4, -0.2) is 53.9 Å². The maximum Gasteiger partial charge on any atom is 0.295 e. The van der Waals surface area contributed by atoms with Gasteiger partial charge in [-0.2, -0.15) is 4.98 Å². The zero-order valence-electron chi connectivity index (χ0n) is 20.3. The molecule has 0 spiro atoms. The minimum absolute atomic E-state index is 0.0750. The first-order valence-corrected chi connectivity index (χ1v) is 12.0. The Morgan fingerprint density at radius 1 is 1.15 bits per heavy atom. The van der Waals surface area contributed by atoms with Gasteiger partial charge >= 0.3 is 0 Å². The Bertz CT molecular complexity index is 1090. The van der Waals surface area contributed by atoms with Crippen molar-refractivity contribution >= 4 is 22.8 Å². The summed E-state index contributed by atoms with van der Waals surface area (Å²) in [7, 11) is 0. The molecule has 34 heavy (non-hydrogen) atoms. The Labute approximate surface area is 201 Å². The van der Waals surface area contributed by atoms with Gasteiger partial charge in [0.2, 0.25) is 0 Å². The minimum atomic E-state index is -0.294. The molecule has 3 aromatic rings. The number of piperidine rings is 1. The highest BCUT2D eigenvalue weighted by Gasteiger charge is 2.22. The molecule has 8 nitrogen and oxygen atoms in total. The predicted octanol–water partition coefficient (Wildman–Crippen LogP) is 4.28. The third-order valence-electron chi connectivity index (χ3n) is 6.04. The lowest BCUT2D eigenvalue weighted by atomic mass is 9.96. The van der Waals surface area contributed by atoms with Crippen LogP contribution < -0.4 is 20.5 Å². The van der Waals surface area contributed by atoms with Gasteiger partial charge in [-0.05, 0) is 55.7 Å². The summed E-state index contributed by atoms with van der Waals surface area (Å²) in [6.07, 6.45) is 2.00. The number of fused-ring (bicyclic) bond motifs is 1. The minimum Gasteiger partial charge on any atom is -0.494 e. The van der Waals surface area contributed by atoms with Crippen LogP contribution in [0.4, 0.5) is 11.7 Å². The van der Waals surface area contributed by atoms with E-state index in [2.05, 4.69) is 27.3 Å². The number of anilines is 2. The van der Waals surface area contributed by atoms with E-state index in [-0.39, 0.29) is 12.0 Å². The summed E-state index contributed by atoms with van der Waals surface area (Å²) >= 11 is 0. The zero-order chi connectivity index (χ0) is 24.1. The first-order chi connectivity index (χ1) is 16.3. The van der Waals surface area contributed by atoms with Gasteiger partial charge in [0.1, 0.15) is 17.0 Å². The van der Waals surface area contributed by atoms with E-state index >= 15 is 0 Å². The average Bonchev–Trinajstić information content (AvgIpc) is 3.20. The number of nitrogens with zero attached hydrogens (tertiary/aromatic N) is 2. The number of nitrogens with one attached hydrogen (secondary N) is 1. The van der Waals surface area contributed by atoms with Gasteiger partial charge in [-0.3, -0.25) is 4.90 Å². The van der Waals surface area contributed by atoms with Gasteiger partial charge in [-0.1, -0.05) is 13.8 Å². The number of likely N-dealkylation sites (tertiary alicyclic amines) is 1. The molecule has 1 saturated heterocycles. The summed E-state index contributed by atoms with van der Waals surface area (Å²) in [6, 6.07) is 12.4. The van der Waals surface area contributed by atoms with Gasteiger partial charge in [0.15, 0.2) is 5.58 Å². The molecule has 2 aromatic carbocycles. The Kier molecular flexibility index (Phi) is 7.48. The van der Waals surface area contributed by atoms with Gasteiger partial charge in [-0.15, -0.1) is 0 Å². The maximum absolute atomic E-state index is 9.51. The molecule has 4 N–H and O–H groups in total. The Balaban J connectivity index is 1.34. The number of rotatable bonds is 10. The molecule has 0 aliphatic carbocycles. The molecule has 0 atom stereocenters. The largest absolute Gasteiger partial charge is 0.494 e. The normalized spacial score (nSPS) is 15.5. The Morgan fingerprint density at radius 3 is 2.59 bits per heavy atom. The van der Waals surface area contributed by atoms with Crippen LogP contribution in [0.3, 0.4) is 0 Å². The number of hydrogen-bond donors (Lipinski definition) is 3. The first-order valence-electron chi connectivity index (χ1n) is 12.0. The molecule has 0 amide bonds. The lowest BCUT2D eigenvalue weighted by Gasteiger charge is -2.32. The summed E-state index contributed by atoms with van der Waals surface area (Å²) in [6.45, 7) is 9.83. The molecule has 1 aromatic heterocycles. The van der Waals surface area contributed by atoms with Crippen molar-refractivity contribution in [2.45, 2.75) is 46.2 Å². The van der Waals surface area contributed by atoms with Crippen molar-refractivity contribution in [3.05, 3.63) is 42.0 Å². The molecule has 0 bridgehead atoms. The SMILES string of the molecule is CCOc1cc(CN2CCC(Nc3nc4cc(N)ccc4o3)CC2)cc(OCC(C)(C)CO)c1. The van der Waals surface area contributed by atoms with Crippen LogP contribution in [0.1, 0.15) is 39.2 Å². The molecule has 0 unspecified atom stereocenters. The number of nitrogen functional groups attached to an aromatic ring is 1. The standard InChI is InChI=1S/C26H36N4O4/c1-4-32-21-11-18(12-22(14-21)33-17-26(2,3)16-31)15-30-9-7-20(8-10-30)28-25-29-23-13-19(27)5-6-24(23)34-25/h5-6,11-14,20,31H,4,7-10,15-17,27H2,1-3H3,(H,28,29). The average molecular weight is 469 g/mol. The molecular weight excluding hydrogens is 432 g/mol. The molecule has 1 aliphatic rings. The highest BCUT2D eigenvalue weighted by Crippen LogP contribution is 2.28. The fraction of sp³-hybridized carbons (Fsp3) is 0.500. The van der Waals surface area contributed by atoms with E-state index < -0.39 is 0 Å². The smallest absolute Gasteiger partial charge is 0.295 e. The quantitative estimate of drug-likeness (QED) is 0.379. The maximum atomic E-state index is 9.51.